The maximum Gasteiger partial charge on any atom is 0.319 e. The summed E-state index contributed by atoms with van der Waals surface area (Å²) in [5.41, 5.74) is 0.264. The van der Waals surface area contributed by atoms with Crippen LogP contribution in [-0.2, 0) is 23.8 Å². The van der Waals surface area contributed by atoms with Crippen LogP contribution in [0.15, 0.2) is 29.2 Å². The van der Waals surface area contributed by atoms with Gasteiger partial charge in [-0.3, -0.25) is 19.7 Å². The quantitative estimate of drug-likeness (QED) is 0.240. The lowest BCUT2D eigenvalue weighted by Crippen LogP contribution is -2.58. The van der Waals surface area contributed by atoms with E-state index in [4.69, 9.17) is 14.2 Å². The number of carbonyl (C=O) groups is 2. The summed E-state index contributed by atoms with van der Waals surface area (Å²) < 4.78 is 17.4. The molecule has 0 bridgehead atoms. The molecule has 0 spiro atoms. The van der Waals surface area contributed by atoms with Gasteiger partial charge in [-0.2, -0.15) is 0 Å². The number of carbonyl (C=O) groups excluding carboxylic acids is 2. The summed E-state index contributed by atoms with van der Waals surface area (Å²) in [5.74, 6) is -3.15. The van der Waals surface area contributed by atoms with Crippen molar-refractivity contribution in [3.63, 3.8) is 0 Å². The van der Waals surface area contributed by atoms with Crippen molar-refractivity contribution >= 4 is 23.7 Å². The van der Waals surface area contributed by atoms with Crippen LogP contribution >= 0.6 is 11.8 Å². The Labute approximate surface area is 212 Å². The Bertz CT molecular complexity index is 863. The van der Waals surface area contributed by atoms with Gasteiger partial charge in [0.1, 0.15) is 5.60 Å². The van der Waals surface area contributed by atoms with E-state index in [1.54, 1.807) is 27.7 Å². The maximum atomic E-state index is 13.4. The Morgan fingerprint density at radius 2 is 1.71 bits per heavy atom. The van der Waals surface area contributed by atoms with E-state index in [0.717, 1.165) is 10.5 Å². The molecule has 1 saturated carbocycles. The number of esters is 2. The smallest absolute Gasteiger partial charge is 0.319 e. The Morgan fingerprint density at radius 1 is 1.11 bits per heavy atom. The summed E-state index contributed by atoms with van der Waals surface area (Å²) in [7, 11) is 0. The third-order valence-corrected chi connectivity index (χ3v) is 7.49. The number of ether oxygens (including phenoxy) is 3. The van der Waals surface area contributed by atoms with E-state index in [1.165, 1.54) is 11.8 Å². The molecule has 9 heteroatoms. The third-order valence-electron chi connectivity index (χ3n) is 6.08. The van der Waals surface area contributed by atoms with E-state index in [2.05, 4.69) is 0 Å². The van der Waals surface area contributed by atoms with Gasteiger partial charge in [-0.15, -0.1) is 11.8 Å². The first-order valence-electron chi connectivity index (χ1n) is 12.3. The molecule has 1 fully saturated rings. The average molecular weight is 510 g/mol. The molecule has 8 nitrogen and oxygen atoms in total. The number of hydrogen-bond donors (Lipinski definition) is 0. The van der Waals surface area contributed by atoms with Gasteiger partial charge in [0.25, 0.3) is 0 Å². The molecule has 0 N–H and O–H groups in total. The first kappa shape index (κ1) is 29.1. The first-order valence-corrected chi connectivity index (χ1v) is 13.2. The summed E-state index contributed by atoms with van der Waals surface area (Å²) in [5, 5.41) is 11.7. The summed E-state index contributed by atoms with van der Waals surface area (Å²) in [6, 6.07) is 6.49. The van der Waals surface area contributed by atoms with E-state index < -0.39 is 51.7 Å². The Hall–Kier alpha value is -2.13. The number of hydrogen-bond acceptors (Lipinski definition) is 8. The van der Waals surface area contributed by atoms with Gasteiger partial charge in [0, 0.05) is 16.2 Å². The number of nitro groups is 1. The van der Waals surface area contributed by atoms with Crippen molar-refractivity contribution in [2.45, 2.75) is 102 Å². The van der Waals surface area contributed by atoms with Gasteiger partial charge in [-0.25, -0.2) is 0 Å². The van der Waals surface area contributed by atoms with Crippen LogP contribution in [-0.4, -0.2) is 52.6 Å². The maximum absolute atomic E-state index is 13.4. The zero-order valence-corrected chi connectivity index (χ0v) is 22.6. The van der Waals surface area contributed by atoms with Crippen LogP contribution < -0.4 is 0 Å². The van der Waals surface area contributed by atoms with Crippen molar-refractivity contribution in [2.24, 2.45) is 11.8 Å². The number of rotatable bonds is 10. The Kier molecular flexibility index (Phi) is 10.6. The normalized spacial score (nSPS) is 24.7. The summed E-state index contributed by atoms with van der Waals surface area (Å²) in [4.78, 5) is 39.1. The van der Waals surface area contributed by atoms with E-state index in [1.807, 2.05) is 45.0 Å². The fraction of sp³-hybridized carbons (Fsp3) is 0.692. The topological polar surface area (TPSA) is 105 Å². The molecule has 0 amide bonds. The molecule has 0 saturated heterocycles. The second-order valence-corrected chi connectivity index (χ2v) is 11.2. The molecule has 1 aliphatic carbocycles. The van der Waals surface area contributed by atoms with Crippen LogP contribution in [0.25, 0.3) is 0 Å². The molecular formula is C26H39NO7S. The number of nitrogens with zero attached hydrogens (tertiary/aromatic N) is 1. The first-order chi connectivity index (χ1) is 16.4. The van der Waals surface area contributed by atoms with Gasteiger partial charge < -0.3 is 14.2 Å². The van der Waals surface area contributed by atoms with Crippen molar-refractivity contribution in [1.82, 2.24) is 0 Å². The van der Waals surface area contributed by atoms with E-state index >= 15 is 0 Å². The highest BCUT2D eigenvalue weighted by molar-refractivity contribution is 8.00. The van der Waals surface area contributed by atoms with Crippen molar-refractivity contribution in [2.75, 3.05) is 6.61 Å². The standard InChI is InChI=1S/C26H39NO7S/c1-8-17(9-2)33-22-21(25(29)34-26(5,6)7)20(27(30)31)15-19(24(28)32-10-3)23(22)35-18-13-11-16(4)12-14-18/h11-14,17,19-23H,8-10,15H2,1-7H3. The minimum absolute atomic E-state index is 0.123. The van der Waals surface area contributed by atoms with Crippen molar-refractivity contribution in [3.8, 4) is 0 Å². The molecule has 196 valence electrons. The van der Waals surface area contributed by atoms with Crippen LogP contribution in [0.5, 0.6) is 0 Å². The van der Waals surface area contributed by atoms with Gasteiger partial charge in [-0.1, -0.05) is 31.5 Å². The van der Waals surface area contributed by atoms with E-state index in [-0.39, 0.29) is 19.1 Å². The second-order valence-electron chi connectivity index (χ2n) is 9.94. The van der Waals surface area contributed by atoms with Gasteiger partial charge in [0.15, 0.2) is 5.92 Å². The summed E-state index contributed by atoms with van der Waals surface area (Å²) >= 11 is 1.40. The van der Waals surface area contributed by atoms with Crippen molar-refractivity contribution in [1.29, 1.82) is 0 Å². The highest BCUT2D eigenvalue weighted by atomic mass is 32.2. The molecular weight excluding hydrogens is 470 g/mol. The zero-order chi connectivity index (χ0) is 26.3. The number of aryl methyl sites for hydroxylation is 1. The van der Waals surface area contributed by atoms with Crippen LogP contribution in [0.4, 0.5) is 0 Å². The lowest BCUT2D eigenvalue weighted by atomic mass is 9.75. The third kappa shape index (κ3) is 7.93. The molecule has 1 aromatic rings. The summed E-state index contributed by atoms with van der Waals surface area (Å²) in [6.45, 7) is 13.0. The molecule has 1 aliphatic rings. The fourth-order valence-electron chi connectivity index (χ4n) is 4.34. The number of benzene rings is 1. The molecule has 0 aliphatic heterocycles. The van der Waals surface area contributed by atoms with E-state index in [0.29, 0.717) is 12.8 Å². The predicted octanol–water partition coefficient (Wildman–Crippen LogP) is 5.22. The molecule has 5 unspecified atom stereocenters. The Morgan fingerprint density at radius 3 is 2.20 bits per heavy atom. The highest BCUT2D eigenvalue weighted by Gasteiger charge is 2.58. The number of thioether (sulfide) groups is 1. The molecule has 0 aromatic heterocycles. The van der Waals surface area contributed by atoms with Crippen molar-refractivity contribution < 1.29 is 28.7 Å². The molecule has 35 heavy (non-hydrogen) atoms. The Balaban J connectivity index is 2.62. The predicted molar refractivity (Wildman–Crippen MR) is 135 cm³/mol. The molecule has 5 atom stereocenters. The molecule has 2 rings (SSSR count). The zero-order valence-electron chi connectivity index (χ0n) is 21.8. The van der Waals surface area contributed by atoms with Gasteiger partial charge in [0.05, 0.1) is 30.0 Å². The van der Waals surface area contributed by atoms with Crippen molar-refractivity contribution in [3.05, 3.63) is 39.9 Å². The fourth-order valence-corrected chi connectivity index (χ4v) is 5.70. The van der Waals surface area contributed by atoms with Crippen LogP contribution in [0.1, 0.15) is 66.4 Å². The van der Waals surface area contributed by atoms with Gasteiger partial charge >= 0.3 is 11.9 Å². The molecule has 1 aromatic carbocycles. The van der Waals surface area contributed by atoms with Crippen LogP contribution in [0.3, 0.4) is 0 Å². The largest absolute Gasteiger partial charge is 0.466 e. The van der Waals surface area contributed by atoms with Crippen LogP contribution in [0.2, 0.25) is 0 Å². The summed E-state index contributed by atoms with van der Waals surface area (Å²) in [6.07, 6.45) is 0.0907. The highest BCUT2D eigenvalue weighted by Crippen LogP contribution is 2.44. The molecule has 0 heterocycles. The average Bonchev–Trinajstić information content (AvgIpc) is 2.77. The lowest BCUT2D eigenvalue weighted by molar-refractivity contribution is -0.537. The minimum Gasteiger partial charge on any atom is -0.466 e. The SMILES string of the molecule is CCOC(=O)C1CC([N+](=O)[O-])C(C(=O)OC(C)(C)C)C(OC(CC)CC)C1Sc1ccc(C)cc1. The van der Waals surface area contributed by atoms with E-state index in [9.17, 15) is 19.7 Å². The molecule has 0 radical (unpaired) electrons. The monoisotopic (exact) mass is 509 g/mol. The van der Waals surface area contributed by atoms with Gasteiger partial charge in [-0.05, 0) is 59.6 Å². The van der Waals surface area contributed by atoms with Gasteiger partial charge in [0.2, 0.25) is 6.04 Å². The second kappa shape index (κ2) is 12.7. The minimum atomic E-state index is -1.33. The van der Waals surface area contributed by atoms with Crippen LogP contribution in [0, 0.1) is 28.9 Å². The lowest BCUT2D eigenvalue weighted by Gasteiger charge is -2.43.